The monoisotopic (exact) mass is 190 g/mol. The van der Waals surface area contributed by atoms with Gasteiger partial charge in [0, 0.05) is 7.11 Å². The molecule has 5 heteroatoms. The fraction of sp³-hybridized carbons (Fsp3) is 0.875. The van der Waals surface area contributed by atoms with Gasteiger partial charge in [-0.1, -0.05) is 0 Å². The van der Waals surface area contributed by atoms with Crippen LogP contribution in [0.5, 0.6) is 0 Å². The van der Waals surface area contributed by atoms with Crippen molar-refractivity contribution in [2.24, 2.45) is 5.41 Å². The van der Waals surface area contributed by atoms with Gasteiger partial charge in [0.05, 0.1) is 13.7 Å². The van der Waals surface area contributed by atoms with Gasteiger partial charge in [0.15, 0.2) is 6.29 Å². The first-order valence-electron chi connectivity index (χ1n) is 3.97. The van der Waals surface area contributed by atoms with E-state index in [2.05, 4.69) is 4.74 Å². The molecule has 5 nitrogen and oxygen atoms in total. The largest absolute Gasteiger partial charge is 0.468 e. The minimum atomic E-state index is -1.02. The quantitative estimate of drug-likeness (QED) is 0.596. The summed E-state index contributed by atoms with van der Waals surface area (Å²) in [5.41, 5.74) is -1.02. The number of ether oxygens (including phenoxy) is 3. The van der Waals surface area contributed by atoms with Crippen molar-refractivity contribution in [1.29, 1.82) is 0 Å². The van der Waals surface area contributed by atoms with Crippen LogP contribution in [0.3, 0.4) is 0 Å². The van der Waals surface area contributed by atoms with Gasteiger partial charge in [0.1, 0.15) is 11.5 Å². The number of carbonyl (C=O) groups excluding carboxylic acids is 1. The molecule has 1 heterocycles. The van der Waals surface area contributed by atoms with Gasteiger partial charge in [0.25, 0.3) is 0 Å². The van der Waals surface area contributed by atoms with Crippen LogP contribution in [0.1, 0.15) is 6.92 Å². The van der Waals surface area contributed by atoms with E-state index in [-0.39, 0.29) is 6.61 Å². The molecule has 0 aromatic carbocycles. The Morgan fingerprint density at radius 1 is 1.62 bits per heavy atom. The second kappa shape index (κ2) is 3.61. The molecule has 1 saturated heterocycles. The Kier molecular flexibility index (Phi) is 2.90. The second-order valence-electron chi connectivity index (χ2n) is 3.27. The van der Waals surface area contributed by atoms with Crippen LogP contribution in [0.4, 0.5) is 0 Å². The van der Waals surface area contributed by atoms with E-state index < -0.39 is 23.8 Å². The molecule has 1 aliphatic heterocycles. The summed E-state index contributed by atoms with van der Waals surface area (Å²) in [4.78, 5) is 11.3. The van der Waals surface area contributed by atoms with Crippen LogP contribution in [-0.4, -0.2) is 44.3 Å². The summed E-state index contributed by atoms with van der Waals surface area (Å²) in [6.07, 6.45) is -1.73. The van der Waals surface area contributed by atoms with Crippen LogP contribution in [-0.2, 0) is 19.0 Å². The van der Waals surface area contributed by atoms with E-state index in [0.29, 0.717) is 0 Å². The zero-order chi connectivity index (χ0) is 10.1. The number of carbonyl (C=O) groups is 1. The number of rotatable bonds is 2. The zero-order valence-corrected chi connectivity index (χ0v) is 7.94. The molecular formula is C8H14O5. The van der Waals surface area contributed by atoms with Crippen molar-refractivity contribution in [2.45, 2.75) is 19.3 Å². The topological polar surface area (TPSA) is 65.0 Å². The third kappa shape index (κ3) is 1.54. The fourth-order valence-corrected chi connectivity index (χ4v) is 1.34. The van der Waals surface area contributed by atoms with Gasteiger partial charge in [-0.25, -0.2) is 0 Å². The molecule has 0 spiro atoms. The van der Waals surface area contributed by atoms with E-state index in [0.717, 1.165) is 0 Å². The average Bonchev–Trinajstić information content (AvgIpc) is 2.43. The summed E-state index contributed by atoms with van der Waals surface area (Å²) in [6.45, 7) is 1.70. The molecule has 0 bridgehead atoms. The van der Waals surface area contributed by atoms with Gasteiger partial charge in [-0.2, -0.15) is 0 Å². The molecule has 0 aromatic rings. The predicted molar refractivity (Wildman–Crippen MR) is 42.9 cm³/mol. The van der Waals surface area contributed by atoms with Crippen molar-refractivity contribution in [3.05, 3.63) is 0 Å². The highest BCUT2D eigenvalue weighted by Crippen LogP contribution is 2.34. The lowest BCUT2D eigenvalue weighted by atomic mass is 9.87. The Morgan fingerprint density at radius 2 is 2.23 bits per heavy atom. The average molecular weight is 190 g/mol. The summed E-state index contributed by atoms with van der Waals surface area (Å²) >= 11 is 0. The summed E-state index contributed by atoms with van der Waals surface area (Å²) in [5.74, 6) is -0.487. The Bertz CT molecular complexity index is 205. The molecular weight excluding hydrogens is 176 g/mol. The van der Waals surface area contributed by atoms with E-state index in [4.69, 9.17) is 9.47 Å². The minimum Gasteiger partial charge on any atom is -0.468 e. The van der Waals surface area contributed by atoms with Gasteiger partial charge >= 0.3 is 5.97 Å². The van der Waals surface area contributed by atoms with Gasteiger partial charge in [-0.05, 0) is 6.92 Å². The molecule has 1 aliphatic rings. The van der Waals surface area contributed by atoms with E-state index >= 15 is 0 Å². The van der Waals surface area contributed by atoms with Crippen LogP contribution in [0.15, 0.2) is 0 Å². The lowest BCUT2D eigenvalue weighted by Crippen LogP contribution is -2.42. The first kappa shape index (κ1) is 10.4. The van der Waals surface area contributed by atoms with Crippen molar-refractivity contribution >= 4 is 5.97 Å². The van der Waals surface area contributed by atoms with Crippen molar-refractivity contribution in [3.8, 4) is 0 Å². The lowest BCUT2D eigenvalue weighted by molar-refractivity contribution is -0.160. The van der Waals surface area contributed by atoms with E-state index in [1.165, 1.54) is 14.2 Å². The first-order chi connectivity index (χ1) is 6.06. The van der Waals surface area contributed by atoms with E-state index in [9.17, 15) is 9.90 Å². The zero-order valence-electron chi connectivity index (χ0n) is 7.94. The maximum atomic E-state index is 11.3. The molecule has 1 N–H and O–H groups in total. The second-order valence-corrected chi connectivity index (χ2v) is 3.27. The number of hydrogen-bond acceptors (Lipinski definition) is 5. The van der Waals surface area contributed by atoms with Crippen LogP contribution in [0.2, 0.25) is 0 Å². The van der Waals surface area contributed by atoms with Gasteiger partial charge in [-0.15, -0.1) is 0 Å². The highest BCUT2D eigenvalue weighted by Gasteiger charge is 2.52. The van der Waals surface area contributed by atoms with Crippen molar-refractivity contribution in [1.82, 2.24) is 0 Å². The maximum absolute atomic E-state index is 11.3. The number of hydrogen-bond donors (Lipinski definition) is 1. The smallest absolute Gasteiger partial charge is 0.316 e. The molecule has 0 aromatic heterocycles. The number of methoxy groups -OCH3 is 2. The molecule has 13 heavy (non-hydrogen) atoms. The first-order valence-corrected chi connectivity index (χ1v) is 3.97. The van der Waals surface area contributed by atoms with E-state index in [1.54, 1.807) is 6.92 Å². The predicted octanol–water partition coefficient (Wildman–Crippen LogP) is -0.471. The van der Waals surface area contributed by atoms with Crippen LogP contribution in [0, 0.1) is 5.41 Å². The fourth-order valence-electron chi connectivity index (χ4n) is 1.34. The highest BCUT2D eigenvalue weighted by atomic mass is 16.7. The minimum absolute atomic E-state index is 0.110. The summed E-state index contributed by atoms with van der Waals surface area (Å²) in [7, 11) is 2.69. The normalized spacial score (nSPS) is 39.1. The number of esters is 1. The maximum Gasteiger partial charge on any atom is 0.316 e. The van der Waals surface area contributed by atoms with Crippen molar-refractivity contribution in [3.63, 3.8) is 0 Å². The van der Waals surface area contributed by atoms with Crippen LogP contribution in [0.25, 0.3) is 0 Å². The molecule has 0 radical (unpaired) electrons. The summed E-state index contributed by atoms with van der Waals surface area (Å²) in [6, 6.07) is 0. The van der Waals surface area contributed by atoms with Gasteiger partial charge in [0.2, 0.25) is 0 Å². The molecule has 1 rings (SSSR count). The molecule has 2 unspecified atom stereocenters. The number of aliphatic hydroxyl groups excluding tert-OH is 1. The Balaban J connectivity index is 2.76. The third-order valence-electron chi connectivity index (χ3n) is 2.34. The van der Waals surface area contributed by atoms with Crippen molar-refractivity contribution < 1.29 is 24.1 Å². The standard InChI is InChI=1S/C8H14O5/c1-8(7(10)12-3)4-13-6(11-2)5(8)9/h5-6,9H,4H2,1-3H3/t5?,6?,8-/m1/s1. The Morgan fingerprint density at radius 3 is 2.62 bits per heavy atom. The molecule has 0 saturated carbocycles. The SMILES string of the molecule is COC(=O)[C@]1(C)COC(OC)C1O. The summed E-state index contributed by atoms with van der Waals surface area (Å²) in [5, 5.41) is 9.66. The van der Waals surface area contributed by atoms with Crippen LogP contribution >= 0.6 is 0 Å². The van der Waals surface area contributed by atoms with Crippen LogP contribution < -0.4 is 0 Å². The molecule has 76 valence electrons. The molecule has 1 fully saturated rings. The summed E-state index contributed by atoms with van der Waals surface area (Å²) < 4.78 is 14.5. The lowest BCUT2D eigenvalue weighted by Gasteiger charge is -2.23. The van der Waals surface area contributed by atoms with E-state index in [1.807, 2.05) is 0 Å². The molecule has 3 atom stereocenters. The highest BCUT2D eigenvalue weighted by molar-refractivity contribution is 5.77. The Hall–Kier alpha value is -0.650. The van der Waals surface area contributed by atoms with Gasteiger partial charge in [-0.3, -0.25) is 4.79 Å². The van der Waals surface area contributed by atoms with Crippen molar-refractivity contribution in [2.75, 3.05) is 20.8 Å². The Labute approximate surface area is 76.6 Å². The molecule has 0 aliphatic carbocycles. The molecule has 0 amide bonds. The number of aliphatic hydroxyl groups is 1. The van der Waals surface area contributed by atoms with Gasteiger partial charge < -0.3 is 19.3 Å². The third-order valence-corrected chi connectivity index (χ3v) is 2.34.